The minimum Gasteiger partial charge on any atom is -0.323 e. The van der Waals surface area contributed by atoms with E-state index in [9.17, 15) is 9.18 Å². The molecular formula is C17H14FN5OS. The van der Waals surface area contributed by atoms with Crippen molar-refractivity contribution in [3.63, 3.8) is 0 Å². The van der Waals surface area contributed by atoms with Gasteiger partial charge < -0.3 is 5.32 Å². The molecule has 8 heteroatoms. The van der Waals surface area contributed by atoms with Crippen LogP contribution in [0.25, 0.3) is 16.8 Å². The summed E-state index contributed by atoms with van der Waals surface area (Å²) in [5.74, 6) is -0.142. The second-order valence-electron chi connectivity index (χ2n) is 5.49. The molecule has 126 valence electrons. The number of anilines is 1. The van der Waals surface area contributed by atoms with Crippen LogP contribution in [0.1, 0.15) is 6.92 Å². The molecule has 1 atom stereocenters. The molecule has 0 bridgehead atoms. The molecule has 0 aliphatic heterocycles. The summed E-state index contributed by atoms with van der Waals surface area (Å²) in [6.07, 6.45) is 0. The molecule has 4 rings (SSSR count). The van der Waals surface area contributed by atoms with Crippen LogP contribution >= 0.6 is 11.8 Å². The summed E-state index contributed by atoms with van der Waals surface area (Å²) in [5, 5.41) is 9.87. The number of H-pyrrole nitrogens is 1. The Bertz CT molecular complexity index is 1070. The Morgan fingerprint density at radius 2 is 2.00 bits per heavy atom. The third kappa shape index (κ3) is 2.85. The SMILES string of the molecule is C[C@@H](Sc1n[nH]c2nc3ccccc3n12)C(=O)Nc1ccccc1F. The van der Waals surface area contributed by atoms with E-state index < -0.39 is 11.1 Å². The molecule has 2 aromatic heterocycles. The molecule has 4 aromatic rings. The van der Waals surface area contributed by atoms with Crippen molar-refractivity contribution in [1.82, 2.24) is 19.6 Å². The maximum absolute atomic E-state index is 13.7. The smallest absolute Gasteiger partial charge is 0.237 e. The Morgan fingerprint density at radius 1 is 1.24 bits per heavy atom. The van der Waals surface area contributed by atoms with Gasteiger partial charge in [-0.05, 0) is 31.2 Å². The van der Waals surface area contributed by atoms with E-state index in [0.29, 0.717) is 10.9 Å². The van der Waals surface area contributed by atoms with Gasteiger partial charge in [0.2, 0.25) is 11.7 Å². The molecule has 0 aliphatic rings. The number of aromatic nitrogens is 4. The van der Waals surface area contributed by atoms with Crippen LogP contribution in [-0.4, -0.2) is 30.7 Å². The fraction of sp³-hybridized carbons (Fsp3) is 0.118. The van der Waals surface area contributed by atoms with Crippen molar-refractivity contribution in [3.05, 3.63) is 54.3 Å². The van der Waals surface area contributed by atoms with E-state index in [-0.39, 0.29) is 11.6 Å². The van der Waals surface area contributed by atoms with Gasteiger partial charge in [0.15, 0.2) is 5.16 Å². The molecule has 25 heavy (non-hydrogen) atoms. The van der Waals surface area contributed by atoms with E-state index in [1.807, 2.05) is 28.7 Å². The summed E-state index contributed by atoms with van der Waals surface area (Å²) in [7, 11) is 0. The van der Waals surface area contributed by atoms with Gasteiger partial charge in [0, 0.05) is 0 Å². The van der Waals surface area contributed by atoms with Gasteiger partial charge in [-0.15, -0.1) is 5.10 Å². The highest BCUT2D eigenvalue weighted by molar-refractivity contribution is 8.00. The van der Waals surface area contributed by atoms with Gasteiger partial charge in [-0.1, -0.05) is 36.0 Å². The number of amides is 1. The molecular weight excluding hydrogens is 341 g/mol. The quantitative estimate of drug-likeness (QED) is 0.550. The number of carbonyl (C=O) groups excluding carboxylic acids is 1. The lowest BCUT2D eigenvalue weighted by Gasteiger charge is -2.11. The molecule has 0 spiro atoms. The number of aromatic amines is 1. The van der Waals surface area contributed by atoms with Crippen molar-refractivity contribution in [2.24, 2.45) is 0 Å². The lowest BCUT2D eigenvalue weighted by Crippen LogP contribution is -2.23. The first kappa shape index (κ1) is 15.6. The Kier molecular flexibility index (Phi) is 3.89. The normalized spacial score (nSPS) is 12.6. The van der Waals surface area contributed by atoms with Crippen LogP contribution in [0.4, 0.5) is 10.1 Å². The van der Waals surface area contributed by atoms with Crippen molar-refractivity contribution < 1.29 is 9.18 Å². The molecule has 0 radical (unpaired) electrons. The Labute approximate surface area is 146 Å². The van der Waals surface area contributed by atoms with Crippen molar-refractivity contribution >= 4 is 40.2 Å². The van der Waals surface area contributed by atoms with Gasteiger partial charge in [0.1, 0.15) is 5.82 Å². The van der Waals surface area contributed by atoms with Crippen LogP contribution in [0, 0.1) is 5.82 Å². The molecule has 6 nitrogen and oxygen atoms in total. The number of benzene rings is 2. The first-order valence-electron chi connectivity index (χ1n) is 7.67. The summed E-state index contributed by atoms with van der Waals surface area (Å²) >= 11 is 1.28. The minimum absolute atomic E-state index is 0.167. The van der Waals surface area contributed by atoms with Crippen LogP contribution in [-0.2, 0) is 4.79 Å². The number of hydrogen-bond acceptors (Lipinski definition) is 4. The molecule has 2 heterocycles. The average Bonchev–Trinajstić information content (AvgIpc) is 3.16. The predicted octanol–water partition coefficient (Wildman–Crippen LogP) is 3.47. The number of hydrogen-bond donors (Lipinski definition) is 2. The van der Waals surface area contributed by atoms with E-state index in [1.54, 1.807) is 19.1 Å². The van der Waals surface area contributed by atoms with Crippen molar-refractivity contribution in [2.45, 2.75) is 17.3 Å². The van der Waals surface area contributed by atoms with Crippen molar-refractivity contribution in [1.29, 1.82) is 0 Å². The molecule has 1 amide bonds. The zero-order valence-electron chi connectivity index (χ0n) is 13.2. The Balaban J connectivity index is 1.58. The number of halogens is 1. The second-order valence-corrected chi connectivity index (χ2v) is 6.80. The van der Waals surface area contributed by atoms with Crippen LogP contribution in [0.15, 0.2) is 53.7 Å². The number of fused-ring (bicyclic) bond motifs is 3. The number of nitrogens with one attached hydrogen (secondary N) is 2. The third-order valence-electron chi connectivity index (χ3n) is 3.79. The molecule has 0 aliphatic carbocycles. The highest BCUT2D eigenvalue weighted by atomic mass is 32.2. The number of nitrogens with zero attached hydrogens (tertiary/aromatic N) is 3. The van der Waals surface area contributed by atoms with Crippen LogP contribution in [0.3, 0.4) is 0 Å². The third-order valence-corrected chi connectivity index (χ3v) is 4.84. The van der Waals surface area contributed by atoms with Gasteiger partial charge in [0.05, 0.1) is 22.0 Å². The van der Waals surface area contributed by atoms with Crippen molar-refractivity contribution in [3.8, 4) is 0 Å². The lowest BCUT2D eigenvalue weighted by atomic mass is 10.3. The summed E-state index contributed by atoms with van der Waals surface area (Å²) in [4.78, 5) is 16.8. The molecule has 0 unspecified atom stereocenters. The summed E-state index contributed by atoms with van der Waals surface area (Å²) in [6, 6.07) is 13.8. The predicted molar refractivity (Wildman–Crippen MR) is 95.2 cm³/mol. The van der Waals surface area contributed by atoms with E-state index in [0.717, 1.165) is 11.0 Å². The number of thioether (sulfide) groups is 1. The van der Waals surface area contributed by atoms with Crippen molar-refractivity contribution in [2.75, 3.05) is 5.32 Å². The zero-order valence-corrected chi connectivity index (χ0v) is 14.0. The molecule has 0 saturated heterocycles. The van der Waals surface area contributed by atoms with Gasteiger partial charge in [-0.3, -0.25) is 9.20 Å². The molecule has 0 saturated carbocycles. The van der Waals surface area contributed by atoms with E-state index >= 15 is 0 Å². The number of rotatable bonds is 4. The Hall–Kier alpha value is -2.87. The van der Waals surface area contributed by atoms with Crippen LogP contribution in [0.2, 0.25) is 0 Å². The zero-order chi connectivity index (χ0) is 17.4. The lowest BCUT2D eigenvalue weighted by molar-refractivity contribution is -0.115. The fourth-order valence-corrected chi connectivity index (χ4v) is 3.40. The minimum atomic E-state index is -0.465. The van der Waals surface area contributed by atoms with Gasteiger partial charge in [0.25, 0.3) is 0 Å². The maximum Gasteiger partial charge on any atom is 0.237 e. The Morgan fingerprint density at radius 3 is 2.84 bits per heavy atom. The standard InChI is InChI=1S/C17H14FN5OS/c1-10(15(24)19-12-7-3-2-6-11(12)18)25-17-22-21-16-20-13-8-4-5-9-14(13)23(16)17/h2-10H,1H3,(H,19,24)(H,20,21)/t10-/m1/s1. The van der Waals surface area contributed by atoms with Crippen LogP contribution < -0.4 is 5.32 Å². The van der Waals surface area contributed by atoms with E-state index in [1.165, 1.54) is 23.9 Å². The molecule has 2 aromatic carbocycles. The number of carbonyl (C=O) groups is 1. The van der Waals surface area contributed by atoms with E-state index in [2.05, 4.69) is 20.5 Å². The van der Waals surface area contributed by atoms with Gasteiger partial charge in [-0.2, -0.15) is 0 Å². The molecule has 0 fully saturated rings. The van der Waals surface area contributed by atoms with E-state index in [4.69, 9.17) is 0 Å². The monoisotopic (exact) mass is 355 g/mol. The number of para-hydroxylation sites is 3. The fourth-order valence-electron chi connectivity index (χ4n) is 2.53. The first-order chi connectivity index (χ1) is 12.1. The largest absolute Gasteiger partial charge is 0.323 e. The molecule has 2 N–H and O–H groups in total. The highest BCUT2D eigenvalue weighted by Crippen LogP contribution is 2.26. The topological polar surface area (TPSA) is 75.1 Å². The summed E-state index contributed by atoms with van der Waals surface area (Å²) in [6.45, 7) is 1.75. The maximum atomic E-state index is 13.7. The average molecular weight is 355 g/mol. The van der Waals surface area contributed by atoms with Gasteiger partial charge >= 0.3 is 0 Å². The summed E-state index contributed by atoms with van der Waals surface area (Å²) < 4.78 is 15.5. The highest BCUT2D eigenvalue weighted by Gasteiger charge is 2.20. The summed E-state index contributed by atoms with van der Waals surface area (Å²) in [5.41, 5.74) is 1.93. The second kappa shape index (κ2) is 6.21. The van der Waals surface area contributed by atoms with Crippen LogP contribution in [0.5, 0.6) is 0 Å². The van der Waals surface area contributed by atoms with Gasteiger partial charge in [-0.25, -0.2) is 14.5 Å². The first-order valence-corrected chi connectivity index (χ1v) is 8.55. The number of imidazole rings is 1.